The van der Waals surface area contributed by atoms with Crippen LogP contribution in [-0.2, 0) is 4.74 Å². The maximum absolute atomic E-state index is 11.7. The quantitative estimate of drug-likeness (QED) is 0.628. The van der Waals surface area contributed by atoms with Crippen LogP contribution in [0.1, 0.15) is 19.1 Å². The number of aromatic nitrogens is 2. The van der Waals surface area contributed by atoms with Crippen molar-refractivity contribution < 1.29 is 14.9 Å². The lowest BCUT2D eigenvalue weighted by molar-refractivity contribution is -0.0374. The number of aliphatic hydroxyl groups is 2. The number of H-pyrrole nitrogens is 1. The van der Waals surface area contributed by atoms with E-state index in [1.807, 2.05) is 0 Å². The number of nitrogens with zero attached hydrogens (tertiary/aromatic N) is 1. The van der Waals surface area contributed by atoms with E-state index >= 15 is 0 Å². The number of rotatable bonds is 4. The lowest BCUT2D eigenvalue weighted by Gasteiger charge is -2.19. The van der Waals surface area contributed by atoms with Gasteiger partial charge in [0.2, 0.25) is 0 Å². The van der Waals surface area contributed by atoms with Crippen molar-refractivity contribution in [2.24, 2.45) is 5.92 Å². The fourth-order valence-electron chi connectivity index (χ4n) is 2.28. The highest BCUT2D eigenvalue weighted by molar-refractivity contribution is 4.88. The molecule has 3 N–H and O–H groups in total. The summed E-state index contributed by atoms with van der Waals surface area (Å²) >= 11 is 0. The van der Waals surface area contributed by atoms with Crippen LogP contribution in [-0.4, -0.2) is 39.1 Å². The summed E-state index contributed by atoms with van der Waals surface area (Å²) in [4.78, 5) is 24.8. The molecule has 1 aromatic rings. The molecule has 0 spiro atoms. The Kier molecular flexibility index (Phi) is 3.95. The van der Waals surface area contributed by atoms with Crippen molar-refractivity contribution in [1.29, 1.82) is 0 Å². The molecule has 2 rings (SSSR count). The molecule has 1 aromatic heterocycles. The van der Waals surface area contributed by atoms with E-state index in [9.17, 15) is 9.59 Å². The predicted molar refractivity (Wildman–Crippen MR) is 62.1 cm³/mol. The number of aromatic amines is 1. The van der Waals surface area contributed by atoms with Crippen molar-refractivity contribution in [2.45, 2.75) is 25.2 Å². The number of ether oxygens (including phenoxy) is 1. The molecule has 1 aliphatic rings. The first-order valence-electron chi connectivity index (χ1n) is 5.84. The predicted octanol–water partition coefficient (Wildman–Crippen LogP) is -1.19. The monoisotopic (exact) mass is 256 g/mol. The lowest BCUT2D eigenvalue weighted by Crippen LogP contribution is -2.33. The van der Waals surface area contributed by atoms with E-state index in [0.29, 0.717) is 12.8 Å². The SMILES string of the molecule is O=c1ccn(C2O[C@H](CO)C[C@@H]2CCO)c(=O)[nH]1. The molecule has 0 aliphatic carbocycles. The van der Waals surface area contributed by atoms with Crippen LogP contribution in [0, 0.1) is 5.92 Å². The van der Waals surface area contributed by atoms with Crippen molar-refractivity contribution in [3.8, 4) is 0 Å². The van der Waals surface area contributed by atoms with Gasteiger partial charge >= 0.3 is 5.69 Å². The van der Waals surface area contributed by atoms with Gasteiger partial charge in [-0.05, 0) is 12.8 Å². The minimum Gasteiger partial charge on any atom is -0.396 e. The Hall–Kier alpha value is -1.44. The van der Waals surface area contributed by atoms with Crippen molar-refractivity contribution in [1.82, 2.24) is 9.55 Å². The van der Waals surface area contributed by atoms with E-state index in [-0.39, 0.29) is 25.2 Å². The summed E-state index contributed by atoms with van der Waals surface area (Å²) in [6.45, 7) is -0.142. The second-order valence-electron chi connectivity index (χ2n) is 4.36. The molecule has 0 amide bonds. The Bertz CT molecular complexity index is 509. The Balaban J connectivity index is 2.29. The molecule has 0 saturated carbocycles. The van der Waals surface area contributed by atoms with Crippen LogP contribution in [0.2, 0.25) is 0 Å². The van der Waals surface area contributed by atoms with Crippen LogP contribution in [0.4, 0.5) is 0 Å². The average molecular weight is 256 g/mol. The van der Waals surface area contributed by atoms with Gasteiger partial charge in [-0.1, -0.05) is 0 Å². The third-order valence-corrected chi connectivity index (χ3v) is 3.13. The fourth-order valence-corrected chi connectivity index (χ4v) is 2.28. The van der Waals surface area contributed by atoms with E-state index in [1.54, 1.807) is 0 Å². The van der Waals surface area contributed by atoms with Crippen LogP contribution in [0.25, 0.3) is 0 Å². The summed E-state index contributed by atoms with van der Waals surface area (Å²) in [5, 5.41) is 18.1. The van der Waals surface area contributed by atoms with Crippen LogP contribution in [0.5, 0.6) is 0 Å². The zero-order chi connectivity index (χ0) is 13.1. The van der Waals surface area contributed by atoms with Gasteiger partial charge in [-0.3, -0.25) is 14.3 Å². The summed E-state index contributed by atoms with van der Waals surface area (Å²) in [5.41, 5.74) is -1.01. The highest BCUT2D eigenvalue weighted by Crippen LogP contribution is 2.35. The standard InChI is InChI=1S/C11H16N2O5/c14-4-2-7-5-8(6-15)18-10(7)13-3-1-9(16)12-11(13)17/h1,3,7-8,10,14-15H,2,4-6H2,(H,12,16,17)/t7-,8-,10?/m0/s1. The largest absolute Gasteiger partial charge is 0.396 e. The van der Waals surface area contributed by atoms with Crippen molar-refractivity contribution in [3.05, 3.63) is 33.1 Å². The maximum Gasteiger partial charge on any atom is 0.330 e. The molecule has 100 valence electrons. The molecule has 18 heavy (non-hydrogen) atoms. The van der Waals surface area contributed by atoms with Gasteiger partial charge < -0.3 is 14.9 Å². The molecule has 3 atom stereocenters. The maximum atomic E-state index is 11.7. The highest BCUT2D eigenvalue weighted by Gasteiger charge is 2.36. The molecule has 0 aromatic carbocycles. The van der Waals surface area contributed by atoms with Gasteiger partial charge in [0.15, 0.2) is 0 Å². The Morgan fingerprint density at radius 2 is 2.22 bits per heavy atom. The van der Waals surface area contributed by atoms with Gasteiger partial charge in [-0.25, -0.2) is 4.79 Å². The topological polar surface area (TPSA) is 105 Å². The van der Waals surface area contributed by atoms with E-state index in [2.05, 4.69) is 4.98 Å². The third kappa shape index (κ3) is 2.53. The smallest absolute Gasteiger partial charge is 0.330 e. The second kappa shape index (κ2) is 5.47. The average Bonchev–Trinajstić information content (AvgIpc) is 2.73. The van der Waals surface area contributed by atoms with E-state index < -0.39 is 17.5 Å². The van der Waals surface area contributed by atoms with Gasteiger partial charge in [-0.2, -0.15) is 0 Å². The zero-order valence-electron chi connectivity index (χ0n) is 9.78. The third-order valence-electron chi connectivity index (χ3n) is 3.13. The molecular formula is C11H16N2O5. The van der Waals surface area contributed by atoms with Crippen LogP contribution in [0.3, 0.4) is 0 Å². The zero-order valence-corrected chi connectivity index (χ0v) is 9.78. The van der Waals surface area contributed by atoms with Crippen molar-refractivity contribution in [3.63, 3.8) is 0 Å². The van der Waals surface area contributed by atoms with E-state index in [0.717, 1.165) is 0 Å². The minimum atomic E-state index is -0.557. The van der Waals surface area contributed by atoms with Gasteiger partial charge in [-0.15, -0.1) is 0 Å². The molecule has 0 radical (unpaired) electrons. The Morgan fingerprint density at radius 1 is 1.44 bits per heavy atom. The van der Waals surface area contributed by atoms with Crippen molar-refractivity contribution >= 4 is 0 Å². The second-order valence-corrected chi connectivity index (χ2v) is 4.36. The number of hydrogen-bond acceptors (Lipinski definition) is 5. The van der Waals surface area contributed by atoms with Gasteiger partial charge in [0, 0.05) is 24.8 Å². The first-order valence-corrected chi connectivity index (χ1v) is 5.84. The number of hydrogen-bond donors (Lipinski definition) is 3. The van der Waals surface area contributed by atoms with E-state index in [4.69, 9.17) is 14.9 Å². The van der Waals surface area contributed by atoms with Gasteiger partial charge in [0.25, 0.3) is 5.56 Å². The van der Waals surface area contributed by atoms with Crippen LogP contribution in [0.15, 0.2) is 21.9 Å². The molecule has 7 nitrogen and oxygen atoms in total. The van der Waals surface area contributed by atoms with Gasteiger partial charge in [0.1, 0.15) is 6.23 Å². The fraction of sp³-hybridized carbons (Fsp3) is 0.636. The highest BCUT2D eigenvalue weighted by atomic mass is 16.5. The van der Waals surface area contributed by atoms with Crippen molar-refractivity contribution in [2.75, 3.05) is 13.2 Å². The molecule has 1 aliphatic heterocycles. The summed E-state index contributed by atoms with van der Waals surface area (Å²) in [7, 11) is 0. The van der Waals surface area contributed by atoms with Crippen LogP contribution >= 0.6 is 0 Å². The Labute approximate surface area is 103 Å². The molecule has 1 fully saturated rings. The first-order chi connectivity index (χ1) is 8.65. The molecular weight excluding hydrogens is 240 g/mol. The molecule has 2 heterocycles. The lowest BCUT2D eigenvalue weighted by atomic mass is 10.00. The molecule has 0 bridgehead atoms. The van der Waals surface area contributed by atoms with E-state index in [1.165, 1.54) is 16.8 Å². The summed E-state index contributed by atoms with van der Waals surface area (Å²) in [5.74, 6) is -0.0595. The Morgan fingerprint density at radius 3 is 2.83 bits per heavy atom. The number of nitrogens with one attached hydrogen (secondary N) is 1. The van der Waals surface area contributed by atoms with Crippen LogP contribution < -0.4 is 11.2 Å². The minimum absolute atomic E-state index is 0.0131. The molecule has 1 saturated heterocycles. The summed E-state index contributed by atoms with van der Waals surface area (Å²) in [6.07, 6.45) is 1.53. The van der Waals surface area contributed by atoms with Gasteiger partial charge in [0.05, 0.1) is 12.7 Å². The normalized spacial score (nSPS) is 27.6. The molecule has 1 unspecified atom stereocenters. The summed E-state index contributed by atoms with van der Waals surface area (Å²) in [6, 6.07) is 1.24. The first kappa shape index (κ1) is 13.0. The number of aliphatic hydroxyl groups excluding tert-OH is 2. The molecule has 7 heteroatoms. The summed E-state index contributed by atoms with van der Waals surface area (Å²) < 4.78 is 6.85.